The van der Waals surface area contributed by atoms with Crippen molar-refractivity contribution in [3.8, 4) is 6.07 Å². The maximum atomic E-state index is 7.44. The Labute approximate surface area is 60.6 Å². The van der Waals surface area contributed by atoms with E-state index in [9.17, 15) is 0 Å². The molecule has 0 radical (unpaired) electrons. The van der Waals surface area contributed by atoms with Crippen molar-refractivity contribution in [3.05, 3.63) is 0 Å². The van der Waals surface area contributed by atoms with E-state index >= 15 is 0 Å². The van der Waals surface area contributed by atoms with Crippen LogP contribution in [0.2, 0.25) is 0 Å². The highest BCUT2D eigenvalue weighted by Crippen LogP contribution is 2.03. The van der Waals surface area contributed by atoms with Crippen molar-refractivity contribution < 1.29 is 2.74 Å². The summed E-state index contributed by atoms with van der Waals surface area (Å²) in [7, 11) is 0. The highest BCUT2D eigenvalue weighted by molar-refractivity contribution is 6.63. The standard InChI is InChI=1S/C2H3N.CHCl3/c1-2-3;2-1(3)4/h1H3;1H/i2*1D. The summed E-state index contributed by atoms with van der Waals surface area (Å²) in [5.41, 5.74) is 0. The molecule has 0 unspecified atom stereocenters. The van der Waals surface area contributed by atoms with Gasteiger partial charge < -0.3 is 0 Å². The summed E-state index contributed by atoms with van der Waals surface area (Å²) in [6.07, 6.45) is 0. The Morgan fingerprint density at radius 2 is 2.00 bits per heavy atom. The monoisotopic (exact) mass is 161 g/mol. The van der Waals surface area contributed by atoms with Gasteiger partial charge in [-0.1, -0.05) is 34.8 Å². The van der Waals surface area contributed by atoms with Crippen LogP contribution in [0, 0.1) is 11.3 Å². The fourth-order valence-electron chi connectivity index (χ4n) is 0. The number of alkyl halides is 3. The molecule has 0 aliphatic rings. The van der Waals surface area contributed by atoms with Crippen LogP contribution in [-0.4, -0.2) is 4.27 Å². The number of hydrogen-bond donors (Lipinski definition) is 0. The molecule has 0 saturated carbocycles. The Bertz CT molecular complexity index is 88.2. The Morgan fingerprint density at radius 3 is 2.00 bits per heavy atom. The molecule has 0 aliphatic heterocycles. The van der Waals surface area contributed by atoms with E-state index in [1.807, 2.05) is 0 Å². The van der Waals surface area contributed by atoms with Crippen molar-refractivity contribution in [2.24, 2.45) is 0 Å². The van der Waals surface area contributed by atoms with Crippen LogP contribution in [0.4, 0.5) is 0 Å². The van der Waals surface area contributed by atoms with E-state index in [0.717, 1.165) is 0 Å². The molecule has 0 heterocycles. The Hall–Kier alpha value is 0.360. The first kappa shape index (κ1) is 5.50. The number of nitrogens with zero attached hydrogens (tertiary/aromatic N) is 1. The highest BCUT2D eigenvalue weighted by atomic mass is 35.6. The van der Waals surface area contributed by atoms with E-state index < -0.39 is 4.27 Å². The molecule has 0 saturated heterocycles. The number of hydrogen-bond acceptors (Lipinski definition) is 1. The molecule has 4 heteroatoms. The quantitative estimate of drug-likeness (QED) is 0.502. The minimum atomic E-state index is -1.83. The molecule has 0 bridgehead atoms. The maximum Gasteiger partial charge on any atom is 0.180 e. The first-order valence-corrected chi connectivity index (χ1v) is 2.28. The molecule has 0 atom stereocenters. The number of nitriles is 1. The predicted molar refractivity (Wildman–Crippen MR) is 32.6 cm³/mol. The average Bonchev–Trinajstić information content (AvgIpc) is 1.61. The first-order chi connectivity index (χ1) is 3.91. The molecule has 42 valence electrons. The van der Waals surface area contributed by atoms with E-state index in [4.69, 9.17) is 42.8 Å². The fourth-order valence-corrected chi connectivity index (χ4v) is 0. The van der Waals surface area contributed by atoms with Crippen molar-refractivity contribution in [1.82, 2.24) is 0 Å². The van der Waals surface area contributed by atoms with Gasteiger partial charge >= 0.3 is 0 Å². The summed E-state index contributed by atoms with van der Waals surface area (Å²) in [6, 6.07) is 1.60. The Morgan fingerprint density at radius 1 is 1.86 bits per heavy atom. The molecule has 7 heavy (non-hydrogen) atoms. The van der Waals surface area contributed by atoms with Gasteiger partial charge in [-0.25, -0.2) is 0 Å². The smallest absolute Gasteiger partial charge is 0.180 e. The second kappa shape index (κ2) is 9.61. The second-order valence-corrected chi connectivity index (χ2v) is 2.09. The number of rotatable bonds is 0. The van der Waals surface area contributed by atoms with Crippen LogP contribution in [0.25, 0.3) is 0 Å². The summed E-state index contributed by atoms with van der Waals surface area (Å²) in [5.74, 6) is 0. The van der Waals surface area contributed by atoms with E-state index in [1.54, 1.807) is 6.07 Å². The van der Waals surface area contributed by atoms with Crippen LogP contribution in [0.3, 0.4) is 0 Å². The molecule has 0 aromatic rings. The summed E-state index contributed by atoms with van der Waals surface area (Å²) < 4.78 is 10.5. The summed E-state index contributed by atoms with van der Waals surface area (Å²) in [4.78, 5) is 0. The first-order valence-electron chi connectivity index (χ1n) is 2.35. The third-order valence-corrected chi connectivity index (χ3v) is 0. The van der Waals surface area contributed by atoms with Crippen molar-refractivity contribution >= 4 is 34.8 Å². The van der Waals surface area contributed by atoms with Crippen LogP contribution >= 0.6 is 34.8 Å². The van der Waals surface area contributed by atoms with Crippen molar-refractivity contribution in [2.75, 3.05) is 0 Å². The lowest BCUT2D eigenvalue weighted by Crippen LogP contribution is -1.55. The lowest BCUT2D eigenvalue weighted by atomic mass is 11.0. The summed E-state index contributed by atoms with van der Waals surface area (Å²) in [5, 5.41) is 7.44. The van der Waals surface area contributed by atoms with Crippen LogP contribution < -0.4 is 0 Å². The van der Waals surface area contributed by atoms with Gasteiger partial charge in [-0.3, -0.25) is 0 Å². The fraction of sp³-hybridized carbons (Fsp3) is 0.667. The van der Waals surface area contributed by atoms with E-state index in [-0.39, 0.29) is 6.90 Å². The zero-order valence-corrected chi connectivity index (χ0v) is 5.56. The third-order valence-electron chi connectivity index (χ3n) is 0. The SMILES string of the molecule is [2H]C(Cl)(Cl)Cl.[2H]CC#N. The minimum Gasteiger partial charge on any atom is -0.199 e. The average molecular weight is 162 g/mol. The van der Waals surface area contributed by atoms with Gasteiger partial charge in [-0.15, -0.1) is 0 Å². The largest absolute Gasteiger partial charge is 0.199 e. The summed E-state index contributed by atoms with van der Waals surface area (Å²) >= 11 is 14.2. The normalized spacial score (nSPS) is 11.7. The lowest BCUT2D eigenvalue weighted by Gasteiger charge is -1.69. The molecule has 0 spiro atoms. The molecule has 0 fully saturated rings. The van der Waals surface area contributed by atoms with Crippen LogP contribution in [0.1, 0.15) is 9.64 Å². The molecule has 1 nitrogen and oxygen atoms in total. The molecule has 0 aliphatic carbocycles. The lowest BCUT2D eigenvalue weighted by molar-refractivity contribution is 1.49. The van der Waals surface area contributed by atoms with Crippen LogP contribution in [0.5, 0.6) is 0 Å². The van der Waals surface area contributed by atoms with Crippen LogP contribution in [0.15, 0.2) is 0 Å². The van der Waals surface area contributed by atoms with Crippen molar-refractivity contribution in [2.45, 2.75) is 11.2 Å². The zero-order chi connectivity index (χ0) is 7.91. The van der Waals surface area contributed by atoms with Gasteiger partial charge in [0.15, 0.2) is 4.27 Å². The molecule has 0 amide bonds. The Balaban J connectivity index is 0. The molecule has 0 N–H and O–H groups in total. The Kier molecular flexibility index (Phi) is 7.55. The van der Waals surface area contributed by atoms with Gasteiger partial charge in [0, 0.05) is 8.27 Å². The molecule has 0 aromatic heterocycles. The topological polar surface area (TPSA) is 23.8 Å². The van der Waals surface area contributed by atoms with Crippen molar-refractivity contribution in [1.29, 1.82) is 5.26 Å². The van der Waals surface area contributed by atoms with E-state index in [1.165, 1.54) is 0 Å². The molecule has 0 aromatic carbocycles. The van der Waals surface area contributed by atoms with E-state index in [2.05, 4.69) is 0 Å². The van der Waals surface area contributed by atoms with Gasteiger partial charge in [0.25, 0.3) is 0 Å². The third kappa shape index (κ3) is 933. The highest BCUT2D eigenvalue weighted by Gasteiger charge is 1.78. The van der Waals surface area contributed by atoms with Gasteiger partial charge in [-0.2, -0.15) is 5.26 Å². The van der Waals surface area contributed by atoms with Crippen molar-refractivity contribution in [3.63, 3.8) is 0 Å². The predicted octanol–water partition coefficient (Wildman–Crippen LogP) is 2.52. The molecular weight excluding hydrogens is 156 g/mol. The molecular formula is C3H4Cl3N. The van der Waals surface area contributed by atoms with Gasteiger partial charge in [0.2, 0.25) is 0 Å². The van der Waals surface area contributed by atoms with Gasteiger partial charge in [0.05, 0.1) is 7.44 Å². The van der Waals surface area contributed by atoms with Crippen LogP contribution in [-0.2, 0) is 0 Å². The van der Waals surface area contributed by atoms with E-state index in [0.29, 0.717) is 0 Å². The maximum absolute atomic E-state index is 7.44. The second-order valence-electron chi connectivity index (χ2n) is 0.372. The minimum absolute atomic E-state index is 0.125. The number of halogens is 3. The molecule has 0 rings (SSSR count). The van der Waals surface area contributed by atoms with Gasteiger partial charge in [0.1, 0.15) is 0 Å². The summed E-state index contributed by atoms with van der Waals surface area (Å²) in [6.45, 7) is -0.125. The zero-order valence-electron chi connectivity index (χ0n) is 5.29. The van der Waals surface area contributed by atoms with Gasteiger partial charge in [-0.05, 0) is 0 Å².